The van der Waals surface area contributed by atoms with Gasteiger partial charge in [0, 0.05) is 34.9 Å². The Morgan fingerprint density at radius 2 is 2.15 bits per heavy atom. The van der Waals surface area contributed by atoms with Gasteiger partial charge in [-0.2, -0.15) is 5.10 Å². The third-order valence-corrected chi connectivity index (χ3v) is 5.42. The van der Waals surface area contributed by atoms with E-state index in [-0.39, 0.29) is 5.91 Å². The van der Waals surface area contributed by atoms with Gasteiger partial charge in [0.25, 0.3) is 5.91 Å². The first-order chi connectivity index (χ1) is 12.4. The molecule has 0 saturated carbocycles. The number of amides is 1. The van der Waals surface area contributed by atoms with Crippen molar-refractivity contribution in [1.29, 1.82) is 0 Å². The Balaban J connectivity index is 1.71. The predicted molar refractivity (Wildman–Crippen MR) is 102 cm³/mol. The maximum atomic E-state index is 11.7. The van der Waals surface area contributed by atoms with Crippen molar-refractivity contribution in [3.8, 4) is 11.4 Å². The highest BCUT2D eigenvalue weighted by molar-refractivity contribution is 5.96. The Labute approximate surface area is 152 Å². The van der Waals surface area contributed by atoms with Crippen LogP contribution >= 0.6 is 0 Å². The van der Waals surface area contributed by atoms with E-state index < -0.39 is 6.61 Å². The van der Waals surface area contributed by atoms with Crippen LogP contribution in [-0.4, -0.2) is 39.8 Å². The number of fused-ring (bicyclic) bond motifs is 2. The molecule has 0 saturated heterocycles. The number of benzene rings is 1. The van der Waals surface area contributed by atoms with Gasteiger partial charge in [-0.05, 0) is 42.9 Å². The molecule has 26 heavy (non-hydrogen) atoms. The first-order valence-electron chi connectivity index (χ1n) is 8.95. The van der Waals surface area contributed by atoms with Crippen molar-refractivity contribution in [3.63, 3.8) is 0 Å². The number of hydrogen-bond acceptors (Lipinski definition) is 3. The van der Waals surface area contributed by atoms with Crippen molar-refractivity contribution in [2.24, 2.45) is 5.41 Å². The molecule has 6 heteroatoms. The Bertz CT molecular complexity index is 983. The van der Waals surface area contributed by atoms with Gasteiger partial charge in [-0.3, -0.25) is 9.89 Å². The Hall–Kier alpha value is -2.60. The molecule has 0 atom stereocenters. The molecule has 1 aromatic carbocycles. The summed E-state index contributed by atoms with van der Waals surface area (Å²) in [4.78, 5) is 16.6. The van der Waals surface area contributed by atoms with Crippen LogP contribution in [0.1, 0.15) is 31.5 Å². The van der Waals surface area contributed by atoms with Crippen LogP contribution in [0.25, 0.3) is 22.3 Å². The lowest BCUT2D eigenvalue weighted by molar-refractivity contribution is -0.120. The SMILES string of the molecule is CN(C(=O)CO)c1ccc2cc(-c3n[nH]c4c3CCC(C)(C)C4)[nH]c2c1. The molecule has 0 spiro atoms. The van der Waals surface area contributed by atoms with E-state index in [4.69, 9.17) is 5.11 Å². The minimum absolute atomic E-state index is 0.315. The van der Waals surface area contributed by atoms with Gasteiger partial charge >= 0.3 is 0 Å². The molecule has 2 heterocycles. The van der Waals surface area contributed by atoms with E-state index in [1.165, 1.54) is 16.2 Å². The van der Waals surface area contributed by atoms with Crippen LogP contribution in [-0.2, 0) is 17.6 Å². The van der Waals surface area contributed by atoms with Crippen molar-refractivity contribution in [3.05, 3.63) is 35.5 Å². The molecule has 3 N–H and O–H groups in total. The molecule has 1 aliphatic carbocycles. The molecule has 0 radical (unpaired) electrons. The fourth-order valence-corrected chi connectivity index (χ4v) is 3.77. The van der Waals surface area contributed by atoms with Gasteiger partial charge in [-0.15, -0.1) is 0 Å². The average Bonchev–Trinajstić information content (AvgIpc) is 3.21. The number of rotatable bonds is 3. The van der Waals surface area contributed by atoms with Gasteiger partial charge in [0.2, 0.25) is 0 Å². The van der Waals surface area contributed by atoms with Gasteiger partial charge in [-0.25, -0.2) is 0 Å². The second kappa shape index (κ2) is 5.99. The predicted octanol–water partition coefficient (Wildman–Crippen LogP) is 3.03. The molecule has 0 unspecified atom stereocenters. The Morgan fingerprint density at radius 1 is 1.35 bits per heavy atom. The third kappa shape index (κ3) is 2.80. The van der Waals surface area contributed by atoms with E-state index >= 15 is 0 Å². The van der Waals surface area contributed by atoms with Gasteiger partial charge in [-0.1, -0.05) is 19.9 Å². The van der Waals surface area contributed by atoms with Crippen LogP contribution in [0.15, 0.2) is 24.3 Å². The van der Waals surface area contributed by atoms with Crippen molar-refractivity contribution in [2.45, 2.75) is 33.1 Å². The summed E-state index contributed by atoms with van der Waals surface area (Å²) in [6, 6.07) is 7.89. The molecule has 4 rings (SSSR count). The maximum Gasteiger partial charge on any atom is 0.252 e. The van der Waals surface area contributed by atoms with Crippen molar-refractivity contribution >= 4 is 22.5 Å². The minimum atomic E-state index is -0.500. The highest BCUT2D eigenvalue weighted by Gasteiger charge is 2.29. The summed E-state index contributed by atoms with van der Waals surface area (Å²) in [5.74, 6) is -0.333. The zero-order chi connectivity index (χ0) is 18.5. The number of aliphatic hydroxyl groups is 1. The Kier molecular flexibility index (Phi) is 3.88. The molecule has 3 aromatic rings. The van der Waals surface area contributed by atoms with Crippen LogP contribution in [0, 0.1) is 5.41 Å². The van der Waals surface area contributed by atoms with Gasteiger partial charge in [0.05, 0.1) is 5.69 Å². The molecule has 136 valence electrons. The quantitative estimate of drug-likeness (QED) is 0.677. The third-order valence-electron chi connectivity index (χ3n) is 5.42. The lowest BCUT2D eigenvalue weighted by atomic mass is 9.76. The number of aliphatic hydroxyl groups excluding tert-OH is 1. The molecule has 1 amide bonds. The first kappa shape index (κ1) is 16.8. The molecular formula is C20H24N4O2. The molecule has 0 bridgehead atoms. The van der Waals surface area contributed by atoms with Gasteiger partial charge < -0.3 is 15.0 Å². The van der Waals surface area contributed by atoms with E-state index in [0.29, 0.717) is 5.41 Å². The largest absolute Gasteiger partial charge is 0.387 e. The number of hydrogen-bond donors (Lipinski definition) is 3. The van der Waals surface area contributed by atoms with Crippen LogP contribution in [0.4, 0.5) is 5.69 Å². The normalized spacial score (nSPS) is 15.8. The van der Waals surface area contributed by atoms with Crippen molar-refractivity contribution < 1.29 is 9.90 Å². The first-order valence-corrected chi connectivity index (χ1v) is 8.95. The molecule has 6 nitrogen and oxygen atoms in total. The number of nitrogens with one attached hydrogen (secondary N) is 2. The second-order valence-electron chi connectivity index (χ2n) is 7.94. The number of carbonyl (C=O) groups excluding carboxylic acids is 1. The molecular weight excluding hydrogens is 328 g/mol. The molecule has 0 aliphatic heterocycles. The summed E-state index contributed by atoms with van der Waals surface area (Å²) in [5.41, 5.74) is 6.54. The zero-order valence-corrected chi connectivity index (χ0v) is 15.4. The van der Waals surface area contributed by atoms with Crippen molar-refractivity contribution in [1.82, 2.24) is 15.2 Å². The van der Waals surface area contributed by atoms with Crippen molar-refractivity contribution in [2.75, 3.05) is 18.6 Å². The maximum absolute atomic E-state index is 11.7. The highest BCUT2D eigenvalue weighted by atomic mass is 16.3. The fourth-order valence-electron chi connectivity index (χ4n) is 3.77. The van der Waals surface area contributed by atoms with Crippen LogP contribution in [0.2, 0.25) is 0 Å². The molecule has 0 fully saturated rings. The fraction of sp³-hybridized carbons (Fsp3) is 0.400. The summed E-state index contributed by atoms with van der Waals surface area (Å²) in [6.45, 7) is 4.09. The smallest absolute Gasteiger partial charge is 0.252 e. The lowest BCUT2D eigenvalue weighted by Gasteiger charge is -2.28. The summed E-state index contributed by atoms with van der Waals surface area (Å²) in [6.07, 6.45) is 3.21. The monoisotopic (exact) mass is 352 g/mol. The number of carbonyl (C=O) groups is 1. The summed E-state index contributed by atoms with van der Waals surface area (Å²) < 4.78 is 0. The van der Waals surface area contributed by atoms with Crippen LogP contribution in [0.5, 0.6) is 0 Å². The number of anilines is 1. The number of aromatic nitrogens is 3. The number of nitrogens with zero attached hydrogens (tertiary/aromatic N) is 2. The molecule has 2 aromatic heterocycles. The lowest BCUT2D eigenvalue weighted by Crippen LogP contribution is -2.28. The second-order valence-corrected chi connectivity index (χ2v) is 7.94. The molecule has 1 aliphatic rings. The van der Waals surface area contributed by atoms with Crippen LogP contribution in [0.3, 0.4) is 0 Å². The van der Waals surface area contributed by atoms with E-state index in [0.717, 1.165) is 47.2 Å². The summed E-state index contributed by atoms with van der Waals surface area (Å²) >= 11 is 0. The van der Waals surface area contributed by atoms with Gasteiger partial charge in [0.1, 0.15) is 12.3 Å². The number of H-pyrrole nitrogens is 2. The summed E-state index contributed by atoms with van der Waals surface area (Å²) in [5, 5.41) is 17.9. The zero-order valence-electron chi connectivity index (χ0n) is 15.4. The van der Waals surface area contributed by atoms with Crippen LogP contribution < -0.4 is 4.90 Å². The topological polar surface area (TPSA) is 85.0 Å². The van der Waals surface area contributed by atoms with E-state index in [9.17, 15) is 4.79 Å². The standard InChI is InChI=1S/C20H24N4O2/c1-20(2)7-6-14-17(10-20)22-23-19(14)16-8-12-4-5-13(9-15(12)21-16)24(3)18(26)11-25/h4-5,8-9,21,25H,6-7,10-11H2,1-3H3,(H,22,23). The van der Waals surface area contributed by atoms with E-state index in [1.807, 2.05) is 18.2 Å². The van der Waals surface area contributed by atoms with E-state index in [1.54, 1.807) is 7.05 Å². The average molecular weight is 352 g/mol. The van der Waals surface area contributed by atoms with Gasteiger partial charge in [0.15, 0.2) is 0 Å². The Morgan fingerprint density at radius 3 is 2.92 bits per heavy atom. The minimum Gasteiger partial charge on any atom is -0.387 e. The highest BCUT2D eigenvalue weighted by Crippen LogP contribution is 2.38. The van der Waals surface area contributed by atoms with E-state index in [2.05, 4.69) is 35.1 Å². The number of likely N-dealkylation sites (N-methyl/N-ethyl adjacent to an activating group) is 1. The number of aromatic amines is 2. The summed E-state index contributed by atoms with van der Waals surface area (Å²) in [7, 11) is 1.66.